The minimum atomic E-state index is -0.940. The lowest BCUT2D eigenvalue weighted by Crippen LogP contribution is -2.29. The Balaban J connectivity index is 1.96. The summed E-state index contributed by atoms with van der Waals surface area (Å²) < 4.78 is 15.8. The molecule has 0 saturated carbocycles. The number of benzene rings is 2. The lowest BCUT2D eigenvalue weighted by molar-refractivity contribution is -0.132. The van der Waals surface area contributed by atoms with E-state index in [4.69, 9.17) is 14.0 Å². The topological polar surface area (TPSA) is 102 Å². The molecule has 0 unspecified atom stereocenters. The lowest BCUT2D eigenvalue weighted by Gasteiger charge is -2.23. The Kier molecular flexibility index (Phi) is 5.21. The molecule has 0 spiro atoms. The molecule has 0 radical (unpaired) electrons. The number of amides is 1. The van der Waals surface area contributed by atoms with Crippen molar-refractivity contribution in [1.29, 1.82) is 0 Å². The van der Waals surface area contributed by atoms with Gasteiger partial charge in [0.1, 0.15) is 11.5 Å². The molecule has 158 valence electrons. The van der Waals surface area contributed by atoms with Gasteiger partial charge in [0.25, 0.3) is 5.78 Å². The van der Waals surface area contributed by atoms with Crippen LogP contribution < -0.4 is 14.4 Å². The number of ketones is 1. The van der Waals surface area contributed by atoms with Crippen LogP contribution >= 0.6 is 0 Å². The number of methoxy groups -OCH3 is 2. The Bertz CT molecular complexity index is 1180. The van der Waals surface area contributed by atoms with Crippen LogP contribution in [-0.4, -0.2) is 36.2 Å². The summed E-state index contributed by atoms with van der Waals surface area (Å²) in [5, 5.41) is 14.9. The fraction of sp³-hybridized carbons (Fsp3) is 0.174. The van der Waals surface area contributed by atoms with Gasteiger partial charge in [-0.15, -0.1) is 0 Å². The number of carbonyl (C=O) groups excluding carboxylic acids is 2. The number of aliphatic hydroxyl groups excluding tert-OH is 1. The molecule has 1 atom stereocenters. The van der Waals surface area contributed by atoms with Crippen LogP contribution in [0.3, 0.4) is 0 Å². The van der Waals surface area contributed by atoms with Gasteiger partial charge in [-0.05, 0) is 24.6 Å². The number of aryl methyl sites for hydroxylation is 1. The second kappa shape index (κ2) is 7.98. The van der Waals surface area contributed by atoms with Gasteiger partial charge < -0.3 is 19.1 Å². The predicted octanol–water partition coefficient (Wildman–Crippen LogP) is 3.63. The molecule has 1 fully saturated rings. The fourth-order valence-electron chi connectivity index (χ4n) is 3.63. The van der Waals surface area contributed by atoms with E-state index >= 15 is 0 Å². The molecule has 2 aromatic carbocycles. The van der Waals surface area contributed by atoms with Crippen LogP contribution in [0, 0.1) is 6.92 Å². The first-order chi connectivity index (χ1) is 15.0. The summed E-state index contributed by atoms with van der Waals surface area (Å²) in [5.41, 5.74) is 0.904. The van der Waals surface area contributed by atoms with Crippen LogP contribution in [0.15, 0.2) is 64.7 Å². The van der Waals surface area contributed by atoms with Crippen molar-refractivity contribution >= 4 is 23.3 Å². The maximum atomic E-state index is 13.0. The van der Waals surface area contributed by atoms with Crippen LogP contribution in [0.2, 0.25) is 0 Å². The monoisotopic (exact) mass is 420 g/mol. The van der Waals surface area contributed by atoms with E-state index in [1.807, 2.05) is 0 Å². The molecule has 1 aliphatic heterocycles. The first kappa shape index (κ1) is 20.2. The van der Waals surface area contributed by atoms with E-state index in [2.05, 4.69) is 5.16 Å². The van der Waals surface area contributed by atoms with Crippen LogP contribution in [0.25, 0.3) is 5.76 Å². The third-order valence-electron chi connectivity index (χ3n) is 5.08. The maximum absolute atomic E-state index is 13.0. The van der Waals surface area contributed by atoms with E-state index in [1.165, 1.54) is 19.1 Å². The second-order valence-corrected chi connectivity index (χ2v) is 6.95. The quantitative estimate of drug-likeness (QED) is 0.382. The average molecular weight is 420 g/mol. The van der Waals surface area contributed by atoms with Gasteiger partial charge in [-0.25, -0.2) is 0 Å². The molecule has 1 N–H and O–H groups in total. The van der Waals surface area contributed by atoms with Crippen molar-refractivity contribution in [3.63, 3.8) is 0 Å². The Morgan fingerprint density at radius 1 is 1.03 bits per heavy atom. The highest BCUT2D eigenvalue weighted by atomic mass is 16.5. The van der Waals surface area contributed by atoms with Gasteiger partial charge in [0, 0.05) is 11.6 Å². The number of rotatable bonds is 5. The van der Waals surface area contributed by atoms with Gasteiger partial charge in [-0.2, -0.15) is 0 Å². The number of aromatic nitrogens is 1. The number of carbonyl (C=O) groups is 2. The molecule has 8 nitrogen and oxygen atoms in total. The first-order valence-electron chi connectivity index (χ1n) is 9.48. The Morgan fingerprint density at radius 3 is 2.35 bits per heavy atom. The Morgan fingerprint density at radius 2 is 1.74 bits per heavy atom. The SMILES string of the molecule is COc1ccc([C@H]2/C(=C(\O)c3ccccc3)C(=O)C(=O)N2c2cc(C)on2)cc1OC. The number of ether oxygens (including phenoxy) is 2. The molecular formula is C23H20N2O6. The van der Waals surface area contributed by atoms with Crippen molar-refractivity contribution in [1.82, 2.24) is 5.16 Å². The molecule has 4 rings (SSSR count). The van der Waals surface area contributed by atoms with E-state index in [0.717, 1.165) is 0 Å². The van der Waals surface area contributed by atoms with E-state index in [1.54, 1.807) is 61.5 Å². The molecule has 31 heavy (non-hydrogen) atoms. The normalized spacial score (nSPS) is 17.8. The van der Waals surface area contributed by atoms with Gasteiger partial charge in [-0.3, -0.25) is 14.5 Å². The molecule has 1 amide bonds. The van der Waals surface area contributed by atoms with Crippen molar-refractivity contribution in [2.75, 3.05) is 19.1 Å². The maximum Gasteiger partial charge on any atom is 0.301 e. The highest BCUT2D eigenvalue weighted by Gasteiger charge is 2.48. The standard InChI is InChI=1S/C23H20N2O6/c1-13-11-18(24-31-13)25-20(15-9-10-16(29-2)17(12-15)30-3)19(22(27)23(25)28)21(26)14-7-5-4-6-8-14/h4-12,20,26H,1-3H3/b21-19+/t20-/m0/s1. The minimum Gasteiger partial charge on any atom is -0.507 e. The number of hydrogen-bond acceptors (Lipinski definition) is 7. The zero-order valence-electron chi connectivity index (χ0n) is 17.2. The van der Waals surface area contributed by atoms with Crippen LogP contribution in [0.1, 0.15) is 22.9 Å². The van der Waals surface area contributed by atoms with Crippen LogP contribution in [0.5, 0.6) is 11.5 Å². The van der Waals surface area contributed by atoms with Gasteiger partial charge in [0.2, 0.25) is 0 Å². The lowest BCUT2D eigenvalue weighted by atomic mass is 9.95. The Hall–Kier alpha value is -4.07. The number of Topliss-reactive ketones (excluding diaryl/α,β-unsaturated/α-hetero) is 1. The smallest absolute Gasteiger partial charge is 0.301 e. The third kappa shape index (κ3) is 3.42. The number of aliphatic hydroxyl groups is 1. The Labute approximate surface area is 178 Å². The van der Waals surface area contributed by atoms with E-state index in [-0.39, 0.29) is 17.2 Å². The number of hydrogen-bond donors (Lipinski definition) is 1. The van der Waals surface area contributed by atoms with E-state index in [0.29, 0.717) is 28.4 Å². The average Bonchev–Trinajstić information content (AvgIpc) is 3.34. The summed E-state index contributed by atoms with van der Waals surface area (Å²) in [7, 11) is 3.00. The van der Waals surface area contributed by atoms with Gasteiger partial charge in [0.15, 0.2) is 17.3 Å². The van der Waals surface area contributed by atoms with Crippen molar-refractivity contribution in [3.8, 4) is 11.5 Å². The molecular weight excluding hydrogens is 400 g/mol. The molecule has 2 heterocycles. The van der Waals surface area contributed by atoms with Gasteiger partial charge in [-0.1, -0.05) is 41.6 Å². The van der Waals surface area contributed by atoms with Crippen molar-refractivity contribution < 1.29 is 28.7 Å². The summed E-state index contributed by atoms with van der Waals surface area (Å²) >= 11 is 0. The summed E-state index contributed by atoms with van der Waals surface area (Å²) in [4.78, 5) is 27.3. The van der Waals surface area contributed by atoms with E-state index in [9.17, 15) is 14.7 Å². The first-order valence-corrected chi connectivity index (χ1v) is 9.48. The van der Waals surface area contributed by atoms with Crippen LogP contribution in [0.4, 0.5) is 5.82 Å². The second-order valence-electron chi connectivity index (χ2n) is 6.95. The highest BCUT2D eigenvalue weighted by molar-refractivity contribution is 6.51. The van der Waals surface area contributed by atoms with Gasteiger partial charge >= 0.3 is 5.91 Å². The highest BCUT2D eigenvalue weighted by Crippen LogP contribution is 2.43. The molecule has 0 bridgehead atoms. The molecule has 1 aromatic heterocycles. The van der Waals surface area contributed by atoms with Gasteiger partial charge in [0.05, 0.1) is 25.8 Å². The van der Waals surface area contributed by atoms with Crippen molar-refractivity contribution in [2.45, 2.75) is 13.0 Å². The largest absolute Gasteiger partial charge is 0.507 e. The van der Waals surface area contributed by atoms with Crippen molar-refractivity contribution in [3.05, 3.63) is 77.1 Å². The summed E-state index contributed by atoms with van der Waals surface area (Å²) in [6, 6.07) is 14.2. The molecule has 3 aromatic rings. The zero-order chi connectivity index (χ0) is 22.1. The molecule has 1 saturated heterocycles. The minimum absolute atomic E-state index is 0.0518. The predicted molar refractivity (Wildman–Crippen MR) is 112 cm³/mol. The van der Waals surface area contributed by atoms with Crippen molar-refractivity contribution in [2.24, 2.45) is 0 Å². The summed E-state index contributed by atoms with van der Waals surface area (Å²) in [6.45, 7) is 1.68. The van der Waals surface area contributed by atoms with E-state index < -0.39 is 17.7 Å². The number of nitrogens with zero attached hydrogens (tertiary/aromatic N) is 2. The summed E-state index contributed by atoms with van der Waals surface area (Å²) in [6.07, 6.45) is 0. The number of anilines is 1. The fourth-order valence-corrected chi connectivity index (χ4v) is 3.63. The third-order valence-corrected chi connectivity index (χ3v) is 5.08. The zero-order valence-corrected chi connectivity index (χ0v) is 17.2. The van der Waals surface area contributed by atoms with Crippen LogP contribution in [-0.2, 0) is 9.59 Å². The molecule has 0 aliphatic carbocycles. The molecule has 8 heteroatoms. The summed E-state index contributed by atoms with van der Waals surface area (Å²) in [5.74, 6) is -0.350. The molecule has 1 aliphatic rings.